The average Bonchev–Trinajstić information content (AvgIpc) is 2.69. The van der Waals surface area contributed by atoms with E-state index in [-0.39, 0.29) is 53.7 Å². The van der Waals surface area contributed by atoms with E-state index in [9.17, 15) is 19.0 Å². The molecule has 1 N–H and O–H groups in total. The Morgan fingerprint density at radius 1 is 1.00 bits per heavy atom. The third-order valence-electron chi connectivity index (χ3n) is 3.91. The lowest BCUT2D eigenvalue weighted by atomic mass is 10.1. The molecule has 0 aliphatic heterocycles. The second-order valence-corrected chi connectivity index (χ2v) is 10.7. The topological polar surface area (TPSA) is 122 Å². The van der Waals surface area contributed by atoms with Gasteiger partial charge in [0, 0.05) is 6.07 Å². The number of fused-ring (bicyclic) bond motifs is 1. The number of benzene rings is 1. The van der Waals surface area contributed by atoms with E-state index < -0.39 is 25.7 Å². The Kier molecular flexibility index (Phi) is 9.10. The van der Waals surface area contributed by atoms with Gasteiger partial charge < -0.3 is 27.6 Å². The molecule has 0 spiro atoms. The highest BCUT2D eigenvalue weighted by Crippen LogP contribution is 2.74. The quantitative estimate of drug-likeness (QED) is 0.376. The standard InChI is InChI=1S/C19H25ClO9P2/c1-5-26-30(23,27-6-2)18(31(24,28-7-3)29-8-4)9-13-12-25-17-11-16(21)15(20)10-14(17)19(13)22/h9-12,21H,5-8H2,1-4H3. The molecule has 0 atom stereocenters. The van der Waals surface area contributed by atoms with Crippen LogP contribution in [0.4, 0.5) is 0 Å². The van der Waals surface area contributed by atoms with Crippen molar-refractivity contribution in [2.45, 2.75) is 27.7 Å². The third-order valence-corrected chi connectivity index (χ3v) is 9.46. The van der Waals surface area contributed by atoms with Crippen molar-refractivity contribution in [3.05, 3.63) is 44.3 Å². The van der Waals surface area contributed by atoms with E-state index in [4.69, 9.17) is 34.1 Å². The van der Waals surface area contributed by atoms with E-state index in [1.54, 1.807) is 27.7 Å². The van der Waals surface area contributed by atoms with Gasteiger partial charge in [0.1, 0.15) is 17.6 Å². The van der Waals surface area contributed by atoms with Crippen molar-refractivity contribution in [3.63, 3.8) is 0 Å². The Morgan fingerprint density at radius 2 is 1.48 bits per heavy atom. The van der Waals surface area contributed by atoms with Crippen LogP contribution in [-0.2, 0) is 27.2 Å². The molecular formula is C19H25ClO9P2. The molecule has 31 heavy (non-hydrogen) atoms. The number of phenolic OH excluding ortho intramolecular Hbond substituents is 1. The van der Waals surface area contributed by atoms with Gasteiger partial charge in [-0.2, -0.15) is 0 Å². The molecular weight excluding hydrogens is 470 g/mol. The fraction of sp³-hybridized carbons (Fsp3) is 0.421. The molecule has 0 fully saturated rings. The first-order valence-corrected chi connectivity index (χ1v) is 13.1. The second kappa shape index (κ2) is 10.9. The van der Waals surface area contributed by atoms with Gasteiger partial charge in [0.2, 0.25) is 0 Å². The van der Waals surface area contributed by atoms with Crippen molar-refractivity contribution < 1.29 is 36.7 Å². The van der Waals surface area contributed by atoms with Crippen molar-refractivity contribution in [1.29, 1.82) is 0 Å². The molecule has 0 unspecified atom stereocenters. The first kappa shape index (κ1) is 25.8. The summed E-state index contributed by atoms with van der Waals surface area (Å²) in [5, 5.41) is 9.32. The molecule has 0 radical (unpaired) electrons. The summed E-state index contributed by atoms with van der Waals surface area (Å²) in [7, 11) is -8.34. The first-order chi connectivity index (χ1) is 14.7. The highest BCUT2D eigenvalue weighted by molar-refractivity contribution is 7.79. The predicted molar refractivity (Wildman–Crippen MR) is 119 cm³/mol. The number of phenols is 1. The molecule has 2 rings (SSSR count). The van der Waals surface area contributed by atoms with Crippen LogP contribution in [0.2, 0.25) is 5.02 Å². The van der Waals surface area contributed by atoms with Crippen LogP contribution in [0.5, 0.6) is 5.75 Å². The number of rotatable bonds is 11. The van der Waals surface area contributed by atoms with E-state index in [1.165, 1.54) is 12.1 Å². The Labute approximate surface area is 185 Å². The van der Waals surface area contributed by atoms with E-state index in [1.807, 2.05) is 0 Å². The summed E-state index contributed by atoms with van der Waals surface area (Å²) < 4.78 is 53.9. The number of hydrogen-bond acceptors (Lipinski definition) is 9. The molecule has 0 amide bonds. The second-order valence-electron chi connectivity index (χ2n) is 5.99. The Balaban J connectivity index is 2.84. The molecule has 1 aromatic heterocycles. The zero-order valence-corrected chi connectivity index (χ0v) is 20.2. The minimum absolute atomic E-state index is 0.0198. The fourth-order valence-corrected chi connectivity index (χ4v) is 7.41. The number of hydrogen-bond donors (Lipinski definition) is 1. The van der Waals surface area contributed by atoms with E-state index >= 15 is 0 Å². The van der Waals surface area contributed by atoms with E-state index in [0.29, 0.717) is 0 Å². The summed E-state index contributed by atoms with van der Waals surface area (Å²) in [5.74, 6) is -0.254. The van der Waals surface area contributed by atoms with Crippen molar-refractivity contribution in [2.24, 2.45) is 0 Å². The molecule has 12 heteroatoms. The summed E-state index contributed by atoms with van der Waals surface area (Å²) in [6.45, 7) is 6.29. The summed E-state index contributed by atoms with van der Waals surface area (Å²) >= 11 is 5.91. The Hall–Kier alpha value is -1.44. The van der Waals surface area contributed by atoms with Crippen LogP contribution >= 0.6 is 26.8 Å². The minimum atomic E-state index is -4.17. The van der Waals surface area contributed by atoms with Gasteiger partial charge in [0.15, 0.2) is 10.5 Å². The average molecular weight is 495 g/mol. The Bertz CT molecular complexity index is 1060. The third kappa shape index (κ3) is 5.68. The number of aromatic hydroxyl groups is 1. The zero-order chi connectivity index (χ0) is 23.2. The SMILES string of the molecule is CCOP(=O)(OCC)C(=Cc1coc2cc(O)c(Cl)cc2c1=O)P(=O)(OCC)OCC. The Morgan fingerprint density at radius 3 is 1.94 bits per heavy atom. The number of halogens is 1. The maximum Gasteiger partial charge on any atom is 0.369 e. The van der Waals surface area contributed by atoms with Crippen LogP contribution in [-0.4, -0.2) is 31.5 Å². The van der Waals surface area contributed by atoms with Crippen molar-refractivity contribution in [3.8, 4) is 5.75 Å². The molecule has 0 bridgehead atoms. The molecule has 172 valence electrons. The van der Waals surface area contributed by atoms with Crippen LogP contribution < -0.4 is 5.43 Å². The van der Waals surface area contributed by atoms with E-state index in [0.717, 1.165) is 12.3 Å². The lowest BCUT2D eigenvalue weighted by Crippen LogP contribution is -2.08. The van der Waals surface area contributed by atoms with Gasteiger partial charge in [0.05, 0.1) is 42.4 Å². The molecule has 9 nitrogen and oxygen atoms in total. The monoisotopic (exact) mass is 494 g/mol. The highest BCUT2D eigenvalue weighted by Gasteiger charge is 2.45. The molecule has 0 aliphatic carbocycles. The van der Waals surface area contributed by atoms with Crippen molar-refractivity contribution in [2.75, 3.05) is 26.4 Å². The summed E-state index contributed by atoms with van der Waals surface area (Å²) in [4.78, 5) is 13.0. The lowest BCUT2D eigenvalue weighted by Gasteiger charge is -2.25. The van der Waals surface area contributed by atoms with E-state index in [2.05, 4.69) is 0 Å². The summed E-state index contributed by atoms with van der Waals surface area (Å²) in [6.07, 6.45) is 2.16. The van der Waals surface area contributed by atoms with Crippen LogP contribution in [0.1, 0.15) is 33.3 Å². The van der Waals surface area contributed by atoms with Gasteiger partial charge in [-0.05, 0) is 39.8 Å². The van der Waals surface area contributed by atoms with Gasteiger partial charge in [-0.1, -0.05) is 11.6 Å². The maximum atomic E-state index is 13.6. The maximum absolute atomic E-state index is 13.6. The minimum Gasteiger partial charge on any atom is -0.506 e. The summed E-state index contributed by atoms with van der Waals surface area (Å²) in [5.41, 5.74) is -0.593. The lowest BCUT2D eigenvalue weighted by molar-refractivity contribution is 0.214. The summed E-state index contributed by atoms with van der Waals surface area (Å²) in [6, 6.07) is 2.44. The smallest absolute Gasteiger partial charge is 0.369 e. The van der Waals surface area contributed by atoms with Crippen LogP contribution in [0, 0.1) is 0 Å². The van der Waals surface area contributed by atoms with Crippen LogP contribution in [0.25, 0.3) is 17.0 Å². The first-order valence-electron chi connectivity index (χ1n) is 9.60. The van der Waals surface area contributed by atoms with Crippen LogP contribution in [0.3, 0.4) is 0 Å². The fourth-order valence-electron chi connectivity index (χ4n) is 2.72. The normalized spacial score (nSPS) is 12.3. The van der Waals surface area contributed by atoms with Gasteiger partial charge in [-0.15, -0.1) is 0 Å². The van der Waals surface area contributed by atoms with Crippen LogP contribution in [0.15, 0.2) is 32.7 Å². The zero-order valence-electron chi connectivity index (χ0n) is 17.6. The van der Waals surface area contributed by atoms with Gasteiger partial charge in [0.25, 0.3) is 0 Å². The van der Waals surface area contributed by atoms with Crippen molar-refractivity contribution in [1.82, 2.24) is 0 Å². The van der Waals surface area contributed by atoms with Crippen molar-refractivity contribution >= 4 is 43.8 Å². The molecule has 1 aromatic carbocycles. The molecule has 0 saturated heterocycles. The molecule has 1 heterocycles. The highest BCUT2D eigenvalue weighted by atomic mass is 35.5. The predicted octanol–water partition coefficient (Wildman–Crippen LogP) is 5.98. The van der Waals surface area contributed by atoms with Gasteiger partial charge in [-0.3, -0.25) is 13.9 Å². The van der Waals surface area contributed by atoms with Gasteiger partial charge in [-0.25, -0.2) is 0 Å². The largest absolute Gasteiger partial charge is 0.506 e. The molecule has 0 aliphatic rings. The van der Waals surface area contributed by atoms with Gasteiger partial charge >= 0.3 is 15.2 Å². The molecule has 2 aromatic rings. The molecule has 0 saturated carbocycles.